The lowest BCUT2D eigenvalue weighted by atomic mass is 10.0. The van der Waals surface area contributed by atoms with Crippen molar-refractivity contribution in [2.24, 2.45) is 0 Å². The number of aliphatic hydroxyl groups is 1. The van der Waals surface area contributed by atoms with Crippen molar-refractivity contribution in [2.45, 2.75) is 45.4 Å². The molecule has 2 aromatic heterocycles. The summed E-state index contributed by atoms with van der Waals surface area (Å²) in [6, 6.07) is 14.3. The molecule has 0 saturated heterocycles. The summed E-state index contributed by atoms with van der Waals surface area (Å²) >= 11 is 0. The average molecular weight is 324 g/mol. The fraction of sp³-hybridized carbons (Fsp3) is 0.368. The minimum absolute atomic E-state index is 0.0633. The van der Waals surface area contributed by atoms with Gasteiger partial charge in [-0.05, 0) is 36.6 Å². The molecule has 0 aliphatic rings. The Balaban J connectivity index is 1.85. The normalized spacial score (nSPS) is 14.0. The first-order chi connectivity index (χ1) is 11.7. The van der Waals surface area contributed by atoms with Crippen LogP contribution in [0.4, 0.5) is 0 Å². The molecule has 2 unspecified atom stereocenters. The zero-order valence-electron chi connectivity index (χ0n) is 14.2. The zero-order chi connectivity index (χ0) is 16.9. The van der Waals surface area contributed by atoms with Crippen LogP contribution in [0.25, 0.3) is 5.65 Å². The number of benzene rings is 1. The number of aliphatic hydroxyl groups excluding tert-OH is 1. The maximum absolute atomic E-state index is 9.34. The lowest BCUT2D eigenvalue weighted by Gasteiger charge is -2.22. The van der Waals surface area contributed by atoms with Crippen LogP contribution in [0.5, 0.6) is 0 Å². The van der Waals surface area contributed by atoms with Crippen LogP contribution in [0.3, 0.4) is 0 Å². The molecule has 3 rings (SSSR count). The number of nitrogens with one attached hydrogen (secondary N) is 1. The Labute approximate surface area is 142 Å². The highest BCUT2D eigenvalue weighted by atomic mass is 16.3. The minimum atomic E-state index is 0.0633. The molecule has 0 saturated carbocycles. The van der Waals surface area contributed by atoms with Crippen molar-refractivity contribution in [1.29, 1.82) is 0 Å². The summed E-state index contributed by atoms with van der Waals surface area (Å²) in [5, 5.41) is 21.7. The van der Waals surface area contributed by atoms with Crippen molar-refractivity contribution < 1.29 is 5.11 Å². The number of pyridine rings is 1. The third kappa shape index (κ3) is 3.47. The fourth-order valence-corrected chi connectivity index (χ4v) is 3.03. The maximum atomic E-state index is 9.34. The van der Waals surface area contributed by atoms with E-state index in [-0.39, 0.29) is 18.7 Å². The summed E-state index contributed by atoms with van der Waals surface area (Å²) in [5.41, 5.74) is 2.96. The summed E-state index contributed by atoms with van der Waals surface area (Å²) in [5.74, 6) is 0.942. The van der Waals surface area contributed by atoms with E-state index in [1.165, 1.54) is 0 Å². The topological polar surface area (TPSA) is 62.5 Å². The highest BCUT2D eigenvalue weighted by Gasteiger charge is 2.20. The van der Waals surface area contributed by atoms with Gasteiger partial charge in [-0.3, -0.25) is 4.40 Å². The SMILES string of the molecule is CCCC(NC(C)c1cccc(CO)c1)c1nnc2ccccn12. The van der Waals surface area contributed by atoms with Gasteiger partial charge in [0.1, 0.15) is 0 Å². The molecule has 0 amide bonds. The summed E-state index contributed by atoms with van der Waals surface area (Å²) in [7, 11) is 0. The number of nitrogens with zero attached hydrogens (tertiary/aromatic N) is 3. The number of hydrogen-bond donors (Lipinski definition) is 2. The largest absolute Gasteiger partial charge is 0.392 e. The van der Waals surface area contributed by atoms with Gasteiger partial charge in [0.15, 0.2) is 11.5 Å². The maximum Gasteiger partial charge on any atom is 0.160 e. The van der Waals surface area contributed by atoms with Crippen LogP contribution in [0.15, 0.2) is 48.7 Å². The second-order valence-electron chi connectivity index (χ2n) is 6.12. The Bertz CT molecular complexity index is 799. The van der Waals surface area contributed by atoms with Crippen LogP contribution in [0, 0.1) is 0 Å². The first-order valence-corrected chi connectivity index (χ1v) is 8.48. The lowest BCUT2D eigenvalue weighted by molar-refractivity contribution is 0.281. The number of rotatable bonds is 7. The van der Waals surface area contributed by atoms with Crippen molar-refractivity contribution in [2.75, 3.05) is 0 Å². The Hall–Kier alpha value is -2.24. The monoisotopic (exact) mass is 324 g/mol. The quantitative estimate of drug-likeness (QED) is 0.699. The molecule has 0 aliphatic carbocycles. The molecule has 0 radical (unpaired) electrons. The standard InChI is InChI=1S/C19H24N4O/c1-3-7-17(19-22-21-18-10-4-5-11-23(18)19)20-14(2)16-9-6-8-15(12-16)13-24/h4-6,8-12,14,17,20,24H,3,7,13H2,1-2H3. The predicted octanol–water partition coefficient (Wildman–Crippen LogP) is 3.41. The molecule has 0 aliphatic heterocycles. The van der Waals surface area contributed by atoms with E-state index in [1.54, 1.807) is 0 Å². The Morgan fingerprint density at radius 3 is 2.83 bits per heavy atom. The Morgan fingerprint density at radius 1 is 1.17 bits per heavy atom. The molecule has 126 valence electrons. The molecule has 3 aromatic rings. The second kappa shape index (κ2) is 7.55. The van der Waals surface area contributed by atoms with E-state index in [1.807, 2.05) is 47.0 Å². The molecule has 24 heavy (non-hydrogen) atoms. The van der Waals surface area contributed by atoms with Crippen LogP contribution in [0.2, 0.25) is 0 Å². The van der Waals surface area contributed by atoms with E-state index in [2.05, 4.69) is 35.4 Å². The molecule has 5 heteroatoms. The van der Waals surface area contributed by atoms with E-state index in [4.69, 9.17) is 0 Å². The lowest BCUT2D eigenvalue weighted by Crippen LogP contribution is -2.26. The number of hydrogen-bond acceptors (Lipinski definition) is 4. The Morgan fingerprint density at radius 2 is 2.04 bits per heavy atom. The van der Waals surface area contributed by atoms with Gasteiger partial charge in [0.05, 0.1) is 12.6 Å². The molecular weight excluding hydrogens is 300 g/mol. The fourth-order valence-electron chi connectivity index (χ4n) is 3.03. The minimum Gasteiger partial charge on any atom is -0.392 e. The van der Waals surface area contributed by atoms with Gasteiger partial charge in [-0.1, -0.05) is 43.7 Å². The van der Waals surface area contributed by atoms with Crippen LogP contribution >= 0.6 is 0 Å². The molecule has 0 spiro atoms. The molecule has 0 fully saturated rings. The van der Waals surface area contributed by atoms with Gasteiger partial charge in [-0.2, -0.15) is 0 Å². The van der Waals surface area contributed by atoms with Gasteiger partial charge in [-0.15, -0.1) is 10.2 Å². The molecule has 0 bridgehead atoms. The Kier molecular flexibility index (Phi) is 5.23. The van der Waals surface area contributed by atoms with Gasteiger partial charge in [0.25, 0.3) is 0 Å². The van der Waals surface area contributed by atoms with Crippen molar-refractivity contribution in [3.8, 4) is 0 Å². The molecular formula is C19H24N4O. The van der Waals surface area contributed by atoms with Gasteiger partial charge >= 0.3 is 0 Å². The third-order valence-corrected chi connectivity index (χ3v) is 4.31. The van der Waals surface area contributed by atoms with E-state index in [0.717, 1.165) is 35.4 Å². The average Bonchev–Trinajstić information content (AvgIpc) is 3.05. The molecule has 2 atom stereocenters. The second-order valence-corrected chi connectivity index (χ2v) is 6.12. The van der Waals surface area contributed by atoms with Crippen molar-refractivity contribution in [3.05, 3.63) is 65.6 Å². The molecule has 1 aromatic carbocycles. The summed E-state index contributed by atoms with van der Waals surface area (Å²) in [4.78, 5) is 0. The van der Waals surface area contributed by atoms with E-state index >= 15 is 0 Å². The smallest absolute Gasteiger partial charge is 0.160 e. The zero-order valence-corrected chi connectivity index (χ0v) is 14.2. The molecule has 2 N–H and O–H groups in total. The van der Waals surface area contributed by atoms with Gasteiger partial charge < -0.3 is 10.4 Å². The third-order valence-electron chi connectivity index (χ3n) is 4.31. The van der Waals surface area contributed by atoms with Crippen LogP contribution < -0.4 is 5.32 Å². The number of fused-ring (bicyclic) bond motifs is 1. The van der Waals surface area contributed by atoms with Crippen LogP contribution in [-0.4, -0.2) is 19.7 Å². The van der Waals surface area contributed by atoms with Gasteiger partial charge in [-0.25, -0.2) is 0 Å². The first-order valence-electron chi connectivity index (χ1n) is 8.48. The van der Waals surface area contributed by atoms with Gasteiger partial charge in [0.2, 0.25) is 0 Å². The van der Waals surface area contributed by atoms with Crippen molar-refractivity contribution in [3.63, 3.8) is 0 Å². The highest BCUT2D eigenvalue weighted by molar-refractivity contribution is 5.37. The van der Waals surface area contributed by atoms with Crippen molar-refractivity contribution in [1.82, 2.24) is 19.9 Å². The van der Waals surface area contributed by atoms with Crippen molar-refractivity contribution >= 4 is 5.65 Å². The summed E-state index contributed by atoms with van der Waals surface area (Å²) in [6.45, 7) is 4.38. The van der Waals surface area contributed by atoms with E-state index < -0.39 is 0 Å². The number of aromatic nitrogens is 3. The molecule has 2 heterocycles. The van der Waals surface area contributed by atoms with Crippen LogP contribution in [0.1, 0.15) is 55.7 Å². The van der Waals surface area contributed by atoms with Crippen LogP contribution in [-0.2, 0) is 6.61 Å². The highest BCUT2D eigenvalue weighted by Crippen LogP contribution is 2.23. The van der Waals surface area contributed by atoms with E-state index in [9.17, 15) is 5.11 Å². The first kappa shape index (κ1) is 16.6. The summed E-state index contributed by atoms with van der Waals surface area (Å²) < 4.78 is 2.05. The van der Waals surface area contributed by atoms with E-state index in [0.29, 0.717) is 0 Å². The molecule has 5 nitrogen and oxygen atoms in total. The van der Waals surface area contributed by atoms with Gasteiger partial charge in [0, 0.05) is 12.2 Å². The predicted molar refractivity (Wildman–Crippen MR) is 94.6 cm³/mol. The summed E-state index contributed by atoms with van der Waals surface area (Å²) in [6.07, 6.45) is 4.05.